The Bertz CT molecular complexity index is 426. The largest absolute Gasteiger partial charge is 0.398 e. The van der Waals surface area contributed by atoms with Gasteiger partial charge in [0.15, 0.2) is 0 Å². The smallest absolute Gasteiger partial charge is 0.0794 e. The highest BCUT2D eigenvalue weighted by molar-refractivity contribution is 9.10. The van der Waals surface area contributed by atoms with E-state index in [0.29, 0.717) is 0 Å². The number of nitrogens with zero attached hydrogens (tertiary/aromatic N) is 1. The Morgan fingerprint density at radius 2 is 2.29 bits per heavy atom. The highest BCUT2D eigenvalue weighted by atomic mass is 79.9. The quantitative estimate of drug-likeness (QED) is 0.851. The Balaban J connectivity index is 2.22. The molecule has 0 atom stereocenters. The average molecular weight is 269 g/mol. The maximum Gasteiger partial charge on any atom is 0.0794 e. The van der Waals surface area contributed by atoms with Crippen molar-refractivity contribution in [2.45, 2.75) is 6.42 Å². The zero-order valence-electron chi connectivity index (χ0n) is 7.40. The van der Waals surface area contributed by atoms with Crippen LogP contribution in [0.25, 0.3) is 0 Å². The van der Waals surface area contributed by atoms with Gasteiger partial charge in [0, 0.05) is 27.7 Å². The number of halogens is 1. The van der Waals surface area contributed by atoms with Gasteiger partial charge in [-0.25, -0.2) is 0 Å². The summed E-state index contributed by atoms with van der Waals surface area (Å²) >= 11 is 5.04. The molecule has 0 saturated carbocycles. The first-order chi connectivity index (χ1) is 6.75. The van der Waals surface area contributed by atoms with Crippen molar-refractivity contribution in [3.8, 4) is 0 Å². The van der Waals surface area contributed by atoms with Crippen molar-refractivity contribution in [3.05, 3.63) is 44.8 Å². The van der Waals surface area contributed by atoms with Gasteiger partial charge < -0.3 is 5.73 Å². The predicted molar refractivity (Wildman–Crippen MR) is 63.5 cm³/mol. The van der Waals surface area contributed by atoms with Crippen molar-refractivity contribution >= 4 is 33.0 Å². The molecule has 14 heavy (non-hydrogen) atoms. The molecule has 0 aliphatic heterocycles. The van der Waals surface area contributed by atoms with Gasteiger partial charge in [0.2, 0.25) is 0 Å². The number of nitrogens with two attached hydrogens (primary N) is 1. The molecule has 1 aromatic heterocycles. The van der Waals surface area contributed by atoms with E-state index < -0.39 is 0 Å². The molecule has 0 fully saturated rings. The van der Waals surface area contributed by atoms with Crippen LogP contribution in [0.15, 0.2) is 34.4 Å². The van der Waals surface area contributed by atoms with E-state index in [1.165, 1.54) is 10.4 Å². The fourth-order valence-electron chi connectivity index (χ4n) is 1.23. The van der Waals surface area contributed by atoms with Crippen molar-refractivity contribution < 1.29 is 0 Å². The normalized spacial score (nSPS) is 10.4. The molecule has 0 unspecified atom stereocenters. The molecule has 2 nitrogen and oxygen atoms in total. The predicted octanol–water partition coefficient (Wildman–Crippen LogP) is 3.08. The number of anilines is 1. The van der Waals surface area contributed by atoms with E-state index in [1.807, 2.05) is 23.8 Å². The van der Waals surface area contributed by atoms with Crippen LogP contribution in [0, 0.1) is 0 Å². The van der Waals surface area contributed by atoms with Crippen molar-refractivity contribution in [1.82, 2.24) is 4.98 Å². The Labute approximate surface area is 94.9 Å². The molecule has 2 aromatic rings. The summed E-state index contributed by atoms with van der Waals surface area (Å²) in [4.78, 5) is 5.29. The molecule has 4 heteroatoms. The van der Waals surface area contributed by atoms with Crippen molar-refractivity contribution in [1.29, 1.82) is 0 Å². The minimum Gasteiger partial charge on any atom is -0.398 e. The summed E-state index contributed by atoms with van der Waals surface area (Å²) in [6.45, 7) is 0. The molecule has 2 N–H and O–H groups in total. The number of aromatic nitrogens is 1. The van der Waals surface area contributed by atoms with Crippen molar-refractivity contribution in [2.75, 3.05) is 5.73 Å². The van der Waals surface area contributed by atoms with Crippen LogP contribution in [0.5, 0.6) is 0 Å². The lowest BCUT2D eigenvalue weighted by molar-refractivity contribution is 1.22. The minimum atomic E-state index is 0.784. The molecule has 1 aromatic carbocycles. The molecule has 2 rings (SSSR count). The van der Waals surface area contributed by atoms with Gasteiger partial charge in [0.1, 0.15) is 0 Å². The third-order valence-corrected chi connectivity index (χ3v) is 3.42. The van der Waals surface area contributed by atoms with Gasteiger partial charge in [-0.15, -0.1) is 11.3 Å². The van der Waals surface area contributed by atoms with Gasteiger partial charge in [0.25, 0.3) is 0 Å². The van der Waals surface area contributed by atoms with E-state index in [1.54, 1.807) is 11.3 Å². The van der Waals surface area contributed by atoms with Crippen LogP contribution in [-0.2, 0) is 6.42 Å². The zero-order chi connectivity index (χ0) is 9.97. The lowest BCUT2D eigenvalue weighted by atomic mass is 10.1. The van der Waals surface area contributed by atoms with Gasteiger partial charge in [-0.1, -0.05) is 6.07 Å². The summed E-state index contributed by atoms with van der Waals surface area (Å²) in [5.41, 5.74) is 9.64. The van der Waals surface area contributed by atoms with Crippen LogP contribution in [0.4, 0.5) is 5.69 Å². The first kappa shape index (κ1) is 9.68. The topological polar surface area (TPSA) is 38.9 Å². The summed E-state index contributed by atoms with van der Waals surface area (Å²) < 4.78 is 0.950. The van der Waals surface area contributed by atoms with Gasteiger partial charge in [-0.3, -0.25) is 4.98 Å². The lowest BCUT2D eigenvalue weighted by Gasteiger charge is -2.02. The molecule has 0 amide bonds. The van der Waals surface area contributed by atoms with Crippen LogP contribution in [0.3, 0.4) is 0 Å². The summed E-state index contributed by atoms with van der Waals surface area (Å²) in [7, 11) is 0. The lowest BCUT2D eigenvalue weighted by Crippen LogP contribution is -1.90. The SMILES string of the molecule is Nc1cc(Cc2cncs2)ccc1Br. The Morgan fingerprint density at radius 3 is 2.93 bits per heavy atom. The number of hydrogen-bond acceptors (Lipinski definition) is 3. The monoisotopic (exact) mass is 268 g/mol. The molecule has 0 saturated heterocycles. The first-order valence-corrected chi connectivity index (χ1v) is 5.84. The third kappa shape index (κ3) is 2.13. The van der Waals surface area contributed by atoms with E-state index in [-0.39, 0.29) is 0 Å². The molecule has 0 aliphatic carbocycles. The second-order valence-corrected chi connectivity index (χ2v) is 4.83. The summed E-state index contributed by atoms with van der Waals surface area (Å²) in [5, 5.41) is 0. The van der Waals surface area contributed by atoms with E-state index >= 15 is 0 Å². The fraction of sp³-hybridized carbons (Fsp3) is 0.100. The number of benzene rings is 1. The van der Waals surface area contributed by atoms with Crippen LogP contribution >= 0.6 is 27.3 Å². The van der Waals surface area contributed by atoms with Gasteiger partial charge >= 0.3 is 0 Å². The molecule has 1 heterocycles. The molecule has 0 aliphatic rings. The minimum absolute atomic E-state index is 0.784. The second-order valence-electron chi connectivity index (χ2n) is 3.00. The van der Waals surface area contributed by atoms with E-state index in [2.05, 4.69) is 27.0 Å². The molecular weight excluding hydrogens is 260 g/mol. The van der Waals surface area contributed by atoms with Gasteiger partial charge in [-0.05, 0) is 33.6 Å². The maximum absolute atomic E-state index is 5.79. The maximum atomic E-state index is 5.79. The Hall–Kier alpha value is -0.870. The Morgan fingerprint density at radius 1 is 1.43 bits per heavy atom. The second kappa shape index (κ2) is 4.11. The van der Waals surface area contributed by atoms with E-state index in [9.17, 15) is 0 Å². The highest BCUT2D eigenvalue weighted by Crippen LogP contribution is 2.22. The zero-order valence-corrected chi connectivity index (χ0v) is 9.81. The first-order valence-electron chi connectivity index (χ1n) is 4.17. The summed E-state index contributed by atoms with van der Waals surface area (Å²) in [6, 6.07) is 6.04. The van der Waals surface area contributed by atoms with Crippen molar-refractivity contribution in [2.24, 2.45) is 0 Å². The van der Waals surface area contributed by atoms with Gasteiger partial charge in [0.05, 0.1) is 5.51 Å². The van der Waals surface area contributed by atoms with Crippen molar-refractivity contribution in [3.63, 3.8) is 0 Å². The summed E-state index contributed by atoms with van der Waals surface area (Å²) in [5.74, 6) is 0. The average Bonchev–Trinajstić information content (AvgIpc) is 2.64. The van der Waals surface area contributed by atoms with Gasteiger partial charge in [-0.2, -0.15) is 0 Å². The highest BCUT2D eigenvalue weighted by Gasteiger charge is 2.00. The van der Waals surface area contributed by atoms with E-state index in [4.69, 9.17) is 5.73 Å². The Kier molecular flexibility index (Phi) is 2.84. The van der Waals surface area contributed by atoms with Crippen LogP contribution in [0.2, 0.25) is 0 Å². The number of rotatable bonds is 2. The standard InChI is InChI=1S/C10H9BrN2S/c11-9-2-1-7(4-10(9)12)3-8-5-13-6-14-8/h1-2,4-6H,3,12H2. The van der Waals surface area contributed by atoms with Crippen LogP contribution < -0.4 is 5.73 Å². The number of hydrogen-bond donors (Lipinski definition) is 1. The van der Waals surface area contributed by atoms with E-state index in [0.717, 1.165) is 16.6 Å². The molecule has 0 radical (unpaired) electrons. The van der Waals surface area contributed by atoms with Crippen LogP contribution in [0.1, 0.15) is 10.4 Å². The molecular formula is C10H9BrN2S. The summed E-state index contributed by atoms with van der Waals surface area (Å²) in [6.07, 6.45) is 2.80. The molecule has 72 valence electrons. The third-order valence-electron chi connectivity index (χ3n) is 1.92. The molecule has 0 spiro atoms. The molecule has 0 bridgehead atoms. The number of thiazole rings is 1. The number of nitrogen functional groups attached to an aromatic ring is 1. The fourth-order valence-corrected chi connectivity index (χ4v) is 2.11. The van der Waals surface area contributed by atoms with Crippen LogP contribution in [-0.4, -0.2) is 4.98 Å².